The van der Waals surface area contributed by atoms with Gasteiger partial charge in [-0.25, -0.2) is 9.59 Å². The Labute approximate surface area is 466 Å². The van der Waals surface area contributed by atoms with Crippen LogP contribution in [-0.4, -0.2) is 61.8 Å². The van der Waals surface area contributed by atoms with E-state index in [0.29, 0.717) is 56.8 Å². The maximum atomic E-state index is 14.7. The van der Waals surface area contributed by atoms with E-state index in [1.807, 2.05) is 18.2 Å². The molecule has 0 N–H and O–H groups in total. The summed E-state index contributed by atoms with van der Waals surface area (Å²) in [6.07, 6.45) is 0. The van der Waals surface area contributed by atoms with Crippen molar-refractivity contribution in [2.75, 3.05) is 0 Å². The molecule has 0 aliphatic heterocycles. The van der Waals surface area contributed by atoms with Crippen LogP contribution in [0.15, 0.2) is 60.7 Å². The number of benzene rings is 4. The quantitative estimate of drug-likeness (QED) is 0.0611. The molecule has 0 fully saturated rings. The van der Waals surface area contributed by atoms with Crippen LogP contribution in [0.3, 0.4) is 0 Å². The first-order chi connectivity index (χ1) is 33.7. The number of carbonyl (C=O) groups excluding carboxylic acids is 2. The number of ether oxygens (including phenoxy) is 2. The lowest BCUT2D eigenvalue weighted by atomic mass is 10.1. The van der Waals surface area contributed by atoms with Crippen molar-refractivity contribution in [2.24, 2.45) is 0 Å². The van der Waals surface area contributed by atoms with Gasteiger partial charge in [-0.3, -0.25) is 0 Å². The monoisotopic (exact) mass is 1150 g/mol. The fourth-order valence-corrected chi connectivity index (χ4v) is 12.2. The fraction of sp³-hybridized carbons (Fsp3) is 0.600. The summed E-state index contributed by atoms with van der Waals surface area (Å²) >= 11 is 0. The topological polar surface area (TPSA) is 108 Å². The van der Waals surface area contributed by atoms with E-state index < -0.39 is 61.8 Å². The van der Waals surface area contributed by atoms with Gasteiger partial charge in [0.1, 0.15) is 34.5 Å². The largest absolute Gasteiger partial charge is 0.541 e. The highest BCUT2D eigenvalue weighted by molar-refractivity contribution is 6.77. The van der Waals surface area contributed by atoms with Gasteiger partial charge in [0.05, 0.1) is 11.1 Å². The molecule has 0 aromatic heterocycles. The highest BCUT2D eigenvalue weighted by Crippen LogP contribution is 2.52. The molecule has 0 saturated heterocycles. The van der Waals surface area contributed by atoms with Gasteiger partial charge in [-0.15, -0.1) is 0 Å². The number of esters is 2. The van der Waals surface area contributed by atoms with Crippen LogP contribution in [-0.2, 0) is 0 Å². The van der Waals surface area contributed by atoms with Crippen molar-refractivity contribution in [1.82, 2.24) is 0 Å². The molecule has 4 aromatic rings. The zero-order chi connectivity index (χ0) is 58.8. The van der Waals surface area contributed by atoms with Crippen molar-refractivity contribution in [3.63, 3.8) is 0 Å². The Morgan fingerprint density at radius 3 is 0.895 bits per heavy atom. The predicted molar refractivity (Wildman–Crippen MR) is 334 cm³/mol. The molecule has 0 amide bonds. The van der Waals surface area contributed by atoms with Gasteiger partial charge in [-0.2, -0.15) is 0 Å². The molecule has 0 bridgehead atoms. The molecule has 4 aromatic carbocycles. The first-order valence-electron chi connectivity index (χ1n) is 27.2. The molecule has 4 rings (SSSR count). The van der Waals surface area contributed by atoms with Crippen LogP contribution < -0.4 is 36.0 Å². The van der Waals surface area contributed by atoms with Crippen LogP contribution in [0.1, 0.15) is 145 Å². The van der Waals surface area contributed by atoms with Gasteiger partial charge in [0.25, 0.3) is 49.9 Å². The molecule has 10 nitrogen and oxygen atoms in total. The van der Waals surface area contributed by atoms with Gasteiger partial charge in [-0.1, -0.05) is 137 Å². The number of fused-ring (bicyclic) bond motifs is 1. The Balaban J connectivity index is 1.87. The third kappa shape index (κ3) is 14.7. The van der Waals surface area contributed by atoms with Crippen molar-refractivity contribution in [3.8, 4) is 46.0 Å². The van der Waals surface area contributed by atoms with Crippen molar-refractivity contribution >= 4 is 72.6 Å². The minimum atomic E-state index is -2.49. The summed E-state index contributed by atoms with van der Waals surface area (Å²) in [5, 5.41) is 0.517. The average molecular weight is 1150 g/mol. The van der Waals surface area contributed by atoms with Crippen molar-refractivity contribution in [1.29, 1.82) is 0 Å². The third-order valence-electron chi connectivity index (χ3n) is 17.8. The Hall–Kier alpha value is -3.82. The van der Waals surface area contributed by atoms with E-state index in [1.54, 1.807) is 42.5 Å². The van der Waals surface area contributed by atoms with Crippen LogP contribution >= 0.6 is 0 Å². The molecule has 424 valence electrons. The van der Waals surface area contributed by atoms with E-state index in [9.17, 15) is 9.59 Å². The van der Waals surface area contributed by atoms with Gasteiger partial charge in [-0.05, 0) is 163 Å². The maximum Gasteiger partial charge on any atom is 0.343 e. The van der Waals surface area contributed by atoms with Crippen LogP contribution in [0, 0.1) is 0 Å². The molecular formula is C60H100O10Si6. The molecule has 0 atom stereocenters. The first-order valence-corrected chi connectivity index (χ1v) is 44.7. The van der Waals surface area contributed by atoms with Gasteiger partial charge in [0.15, 0.2) is 11.5 Å². The summed E-state index contributed by atoms with van der Waals surface area (Å²) in [7, 11) is -14.9. The summed E-state index contributed by atoms with van der Waals surface area (Å²) in [5.74, 6) is 2.54. The zero-order valence-corrected chi connectivity index (χ0v) is 58.9. The second-order valence-electron chi connectivity index (χ2n) is 30.2. The van der Waals surface area contributed by atoms with Gasteiger partial charge < -0.3 is 36.0 Å². The lowest BCUT2D eigenvalue weighted by molar-refractivity contribution is 0.0727. The van der Waals surface area contributed by atoms with Gasteiger partial charge in [0, 0.05) is 5.39 Å². The smallest absolute Gasteiger partial charge is 0.343 e. The zero-order valence-electron chi connectivity index (χ0n) is 52.9. The Morgan fingerprint density at radius 1 is 0.329 bits per heavy atom. The van der Waals surface area contributed by atoms with Gasteiger partial charge >= 0.3 is 11.9 Å². The number of hydrogen-bond donors (Lipinski definition) is 0. The fourth-order valence-electron chi connectivity index (χ4n) is 6.13. The van der Waals surface area contributed by atoms with E-state index in [4.69, 9.17) is 36.0 Å². The second-order valence-corrected chi connectivity index (χ2v) is 58.5. The summed E-state index contributed by atoms with van der Waals surface area (Å²) in [4.78, 5) is 29.2. The molecule has 0 radical (unpaired) electrons. The summed E-state index contributed by atoms with van der Waals surface area (Å²) in [6.45, 7) is 65.9. The molecule has 0 saturated carbocycles. The van der Waals surface area contributed by atoms with E-state index in [1.165, 1.54) is 0 Å². The van der Waals surface area contributed by atoms with E-state index in [2.05, 4.69) is 203 Å². The highest BCUT2D eigenvalue weighted by Gasteiger charge is 2.48. The summed E-state index contributed by atoms with van der Waals surface area (Å²) in [5.41, 5.74) is 0.560. The number of rotatable bonds is 16. The Morgan fingerprint density at radius 2 is 0.605 bits per heavy atom. The second kappa shape index (κ2) is 21.3. The van der Waals surface area contributed by atoms with E-state index >= 15 is 0 Å². The molecule has 76 heavy (non-hydrogen) atoms. The molecule has 0 heterocycles. The summed E-state index contributed by atoms with van der Waals surface area (Å²) < 4.78 is 55.3. The van der Waals surface area contributed by atoms with Crippen LogP contribution in [0.25, 0.3) is 10.8 Å². The van der Waals surface area contributed by atoms with Crippen LogP contribution in [0.4, 0.5) is 0 Å². The normalized spacial score (nSPS) is 14.0. The number of carbonyl (C=O) groups is 2. The Bertz CT molecular complexity index is 2670. The minimum absolute atomic E-state index is 0.126. The van der Waals surface area contributed by atoms with Crippen molar-refractivity contribution in [2.45, 2.75) is 233 Å². The Kier molecular flexibility index (Phi) is 18.2. The lowest BCUT2D eigenvalue weighted by Crippen LogP contribution is -2.47. The van der Waals surface area contributed by atoms with E-state index in [-0.39, 0.29) is 41.4 Å². The lowest BCUT2D eigenvalue weighted by Gasteiger charge is -2.42. The minimum Gasteiger partial charge on any atom is -0.541 e. The molecule has 0 aliphatic carbocycles. The third-order valence-corrected chi connectivity index (χ3v) is 43.8. The average Bonchev–Trinajstić information content (AvgIpc) is 3.19. The predicted octanol–water partition coefficient (Wildman–Crippen LogP) is 19.6. The first kappa shape index (κ1) is 64.7. The molecule has 0 aliphatic rings. The number of hydrogen-bond acceptors (Lipinski definition) is 10. The molecular weight excluding hydrogens is 1050 g/mol. The van der Waals surface area contributed by atoms with Gasteiger partial charge in [0.2, 0.25) is 0 Å². The van der Waals surface area contributed by atoms with Crippen molar-refractivity contribution < 1.29 is 45.6 Å². The molecule has 0 unspecified atom stereocenters. The van der Waals surface area contributed by atoms with Crippen LogP contribution in [0.5, 0.6) is 46.0 Å². The van der Waals surface area contributed by atoms with Crippen molar-refractivity contribution in [3.05, 3.63) is 71.8 Å². The molecule has 16 heteroatoms. The molecule has 0 spiro atoms. The van der Waals surface area contributed by atoms with Crippen LogP contribution in [0.2, 0.25) is 109 Å². The summed E-state index contributed by atoms with van der Waals surface area (Å²) in [6, 6.07) is 17.9. The SMILES string of the molecule is CC(C)(C)[Si](C)(C)Oc1cc(C(=O)Oc2ccc3c(OC(=O)c4cc(O[Si](C)(C)C(C)(C)C)c(O[Si](C)(C)C(C)(C)C)c(O[Si](C)(C)C(C)(C)C)c4)cccc3c2)cc(O[Si](C)(C)C(C)(C)C)c1O[Si](C)(C)C(C)(C)C. The maximum absolute atomic E-state index is 14.7. The standard InChI is InChI=1S/C60H100O10Si6/c1-55(2,3)71(19,20)65-47-37-42(38-48(66-72(21,22)56(4,5)6)51(47)69-75(27,28)59(13,14)15)53(61)63-44-34-35-45-41(36-44)32-31-33-46(45)64-54(62)43-39-49(67-73(23,24)57(7,8)9)52(70-76(29,30)60(16,17)18)50(40-43)68-74(25,26)58(10,11)12/h31-40H,1-30H3. The van der Waals surface area contributed by atoms with E-state index in [0.717, 1.165) is 0 Å². The highest BCUT2D eigenvalue weighted by atomic mass is 28.4.